The van der Waals surface area contributed by atoms with E-state index in [1.165, 1.54) is 54.9 Å². The quantitative estimate of drug-likeness (QED) is 0.0218. The fraction of sp³-hybridized carbons (Fsp3) is 0.388. The molecule has 66 heavy (non-hydrogen) atoms. The van der Waals surface area contributed by atoms with Gasteiger partial charge in [0.1, 0.15) is 28.8 Å². The Morgan fingerprint density at radius 3 is 1.83 bits per heavy atom. The van der Waals surface area contributed by atoms with Gasteiger partial charge in [0.25, 0.3) is 20.2 Å². The normalized spacial score (nSPS) is 12.4. The predicted molar refractivity (Wildman–Crippen MR) is 268 cm³/mol. The molecule has 4 aromatic rings. The van der Waals surface area contributed by atoms with Crippen LogP contribution in [-0.4, -0.2) is 77.7 Å². The molecule has 0 aliphatic heterocycles. The highest BCUT2D eigenvalue weighted by Gasteiger charge is 2.27. The molecule has 0 unspecified atom stereocenters. The van der Waals surface area contributed by atoms with Crippen molar-refractivity contribution in [3.05, 3.63) is 138 Å². The van der Waals surface area contributed by atoms with Crippen molar-refractivity contribution in [1.29, 1.82) is 0 Å². The van der Waals surface area contributed by atoms with Gasteiger partial charge in [-0.2, -0.15) is 28.6 Å². The lowest BCUT2D eigenvalue weighted by Crippen LogP contribution is -2.19. The zero-order valence-electron chi connectivity index (χ0n) is 38.1. The van der Waals surface area contributed by atoms with Crippen molar-refractivity contribution < 1.29 is 53.3 Å². The first-order chi connectivity index (χ1) is 31.3. The van der Waals surface area contributed by atoms with E-state index in [0.717, 1.165) is 61.0 Å². The van der Waals surface area contributed by atoms with Crippen molar-refractivity contribution in [3.63, 3.8) is 0 Å². The summed E-state index contributed by atoms with van der Waals surface area (Å²) in [6, 6.07) is 24.1. The minimum atomic E-state index is -4.17. The molecule has 0 aliphatic rings. The molecule has 0 heterocycles. The van der Waals surface area contributed by atoms with Gasteiger partial charge in [0.15, 0.2) is 0 Å². The van der Waals surface area contributed by atoms with Gasteiger partial charge in [-0.15, -0.1) is 11.8 Å². The van der Waals surface area contributed by atoms with E-state index in [0.29, 0.717) is 58.2 Å². The summed E-state index contributed by atoms with van der Waals surface area (Å²) in [5.74, 6) is 3.11. The van der Waals surface area contributed by atoms with Crippen LogP contribution >= 0.6 is 23.5 Å². The molecule has 0 atom stereocenters. The molecule has 2 N–H and O–H groups in total. The molecule has 4 rings (SSSR count). The number of methoxy groups -OCH3 is 1. The highest BCUT2D eigenvalue weighted by Crippen LogP contribution is 2.41. The van der Waals surface area contributed by atoms with Gasteiger partial charge in [0, 0.05) is 33.0 Å². The summed E-state index contributed by atoms with van der Waals surface area (Å²) in [5.41, 5.74) is 2.78. The highest BCUT2D eigenvalue weighted by molar-refractivity contribution is 8.08. The predicted octanol–water partition coefficient (Wildman–Crippen LogP) is 11.6. The summed E-state index contributed by atoms with van der Waals surface area (Å²) >= 11 is 2.71. The molecule has 0 saturated carbocycles. The summed E-state index contributed by atoms with van der Waals surface area (Å²) in [7, 11) is -10.6. The Morgan fingerprint density at radius 2 is 1.26 bits per heavy atom. The standard InChI is InChI=1S/C49H62O12S5/c1-7-41(8-2)59-28-13-11-9-10-12-14-29-60-48-27-17-40(35-46(48)37(3)63-31-33-65(53,54)55)49(4,5)39-16-26-47(38(34-39)36-62-30-15-32-64(50,51)52)61-43-20-24-45(25-21-43)66(56,57)44-22-18-42(58-6)19-23-44/h7-8,16-27,34-35H,1,3,9-15,28-33,36H2,2,4-6H3,(H,50,51,52)(H,53,54,55)/b41-8+. The van der Waals surface area contributed by atoms with Crippen molar-refractivity contribution in [3.8, 4) is 23.0 Å². The van der Waals surface area contributed by atoms with Crippen LogP contribution in [0.5, 0.6) is 23.0 Å². The van der Waals surface area contributed by atoms with Crippen molar-refractivity contribution in [1.82, 2.24) is 0 Å². The topological polar surface area (TPSA) is 180 Å². The number of benzene rings is 4. The minimum absolute atomic E-state index is 0.0958. The number of ether oxygens (including phenoxy) is 4. The SMILES string of the molecule is C=C/C(=C\C)OCCCCCCCCOc1ccc(C(C)(C)c2ccc(Oc3ccc(S(=O)(=O)c4ccc(OC)cc4)cc3)c(CSCCCS(=O)(=O)O)c2)cc1C(=C)SCCS(=O)(=O)O. The lowest BCUT2D eigenvalue weighted by molar-refractivity contribution is 0.216. The number of hydrogen-bond acceptors (Lipinski definition) is 12. The molecule has 0 amide bonds. The van der Waals surface area contributed by atoms with Crippen LogP contribution < -0.4 is 14.2 Å². The van der Waals surface area contributed by atoms with Crippen LogP contribution in [0.3, 0.4) is 0 Å². The van der Waals surface area contributed by atoms with Crippen LogP contribution in [0.4, 0.5) is 0 Å². The zero-order chi connectivity index (χ0) is 48.4. The summed E-state index contributed by atoms with van der Waals surface area (Å²) in [6.45, 7) is 15.2. The average molecular weight is 1000 g/mol. The summed E-state index contributed by atoms with van der Waals surface area (Å²) in [4.78, 5) is 0.819. The Balaban J connectivity index is 1.55. The Morgan fingerprint density at radius 1 is 0.697 bits per heavy atom. The van der Waals surface area contributed by atoms with Crippen molar-refractivity contribution in [2.45, 2.75) is 86.7 Å². The zero-order valence-corrected chi connectivity index (χ0v) is 42.2. The molecule has 0 aromatic heterocycles. The third-order valence-electron chi connectivity index (χ3n) is 10.6. The number of thioether (sulfide) groups is 2. The van der Waals surface area contributed by atoms with Crippen LogP contribution in [0.15, 0.2) is 126 Å². The van der Waals surface area contributed by atoms with E-state index < -0.39 is 41.2 Å². The molecular weight excluding hydrogens is 941 g/mol. The van der Waals surface area contributed by atoms with Gasteiger partial charge < -0.3 is 18.9 Å². The van der Waals surface area contributed by atoms with Gasteiger partial charge in [-0.25, -0.2) is 8.42 Å². The number of unbranched alkanes of at least 4 members (excludes halogenated alkanes) is 5. The number of rotatable bonds is 30. The molecule has 0 radical (unpaired) electrons. The van der Waals surface area contributed by atoms with Crippen molar-refractivity contribution >= 4 is 58.5 Å². The summed E-state index contributed by atoms with van der Waals surface area (Å²) < 4.78 is 115. The van der Waals surface area contributed by atoms with E-state index in [4.69, 9.17) is 18.9 Å². The second-order valence-electron chi connectivity index (χ2n) is 15.9. The minimum Gasteiger partial charge on any atom is -0.497 e. The highest BCUT2D eigenvalue weighted by atomic mass is 32.2. The van der Waals surface area contributed by atoms with E-state index in [1.54, 1.807) is 30.3 Å². The van der Waals surface area contributed by atoms with Gasteiger partial charge >= 0.3 is 0 Å². The van der Waals surface area contributed by atoms with Crippen LogP contribution in [-0.2, 0) is 46.0 Å². The van der Waals surface area contributed by atoms with E-state index in [9.17, 15) is 34.4 Å². The third kappa shape index (κ3) is 17.4. The van der Waals surface area contributed by atoms with Crippen molar-refractivity contribution in [2.24, 2.45) is 0 Å². The Labute approximate surface area is 400 Å². The second kappa shape index (κ2) is 25.8. The molecule has 0 saturated heterocycles. The average Bonchev–Trinajstić information content (AvgIpc) is 3.28. The molecule has 0 fully saturated rings. The fourth-order valence-corrected chi connectivity index (χ4v) is 11.4. The number of hydrogen-bond donors (Lipinski definition) is 2. The molecule has 0 bridgehead atoms. The largest absolute Gasteiger partial charge is 0.497 e. The Bertz CT molecular complexity index is 2590. The van der Waals surface area contributed by atoms with Crippen LogP contribution in [0.25, 0.3) is 4.91 Å². The molecule has 360 valence electrons. The molecule has 0 aliphatic carbocycles. The van der Waals surface area contributed by atoms with Gasteiger partial charge in [0.05, 0.1) is 41.6 Å². The van der Waals surface area contributed by atoms with E-state index >= 15 is 0 Å². The smallest absolute Gasteiger partial charge is 0.265 e. The second-order valence-corrected chi connectivity index (χ2v) is 23.3. The summed E-state index contributed by atoms with van der Waals surface area (Å²) in [5, 5.41) is 0. The molecule has 17 heteroatoms. The number of sulfone groups is 1. The van der Waals surface area contributed by atoms with Gasteiger partial charge in [-0.1, -0.05) is 70.9 Å². The first-order valence-corrected chi connectivity index (χ1v) is 28.4. The molecule has 4 aromatic carbocycles. The number of allylic oxidation sites excluding steroid dienone is 2. The van der Waals surface area contributed by atoms with Gasteiger partial charge in [-0.05, 0) is 122 Å². The van der Waals surface area contributed by atoms with Crippen LogP contribution in [0.2, 0.25) is 0 Å². The van der Waals surface area contributed by atoms with Crippen molar-refractivity contribution in [2.75, 3.05) is 43.3 Å². The Kier molecular flexibility index (Phi) is 21.2. The fourth-order valence-electron chi connectivity index (χ4n) is 6.73. The maximum atomic E-state index is 13.4. The monoisotopic (exact) mass is 1000 g/mol. The lowest BCUT2D eigenvalue weighted by atomic mass is 9.77. The Hall–Kier alpha value is -4.23. The first kappa shape index (κ1) is 54.4. The van der Waals surface area contributed by atoms with Gasteiger partial charge in [0.2, 0.25) is 9.84 Å². The third-order valence-corrected chi connectivity index (χ3v) is 16.3. The summed E-state index contributed by atoms with van der Waals surface area (Å²) in [6.07, 6.45) is 9.90. The molecule has 0 spiro atoms. The maximum Gasteiger partial charge on any atom is 0.265 e. The van der Waals surface area contributed by atoms with Crippen LogP contribution in [0, 0.1) is 0 Å². The molecular formula is C49H62O12S5. The lowest BCUT2D eigenvalue weighted by Gasteiger charge is -2.28. The molecule has 12 nitrogen and oxygen atoms in total. The maximum absolute atomic E-state index is 13.4. The van der Waals surface area contributed by atoms with Crippen LogP contribution in [0.1, 0.15) is 88.0 Å². The first-order valence-electron chi connectivity index (χ1n) is 21.6. The van der Waals surface area contributed by atoms with E-state index in [2.05, 4.69) is 27.0 Å². The van der Waals surface area contributed by atoms with Gasteiger partial charge in [-0.3, -0.25) is 9.11 Å². The van der Waals surface area contributed by atoms with E-state index in [1.807, 2.05) is 49.4 Å². The van der Waals surface area contributed by atoms with E-state index in [-0.39, 0.29) is 27.7 Å².